The van der Waals surface area contributed by atoms with Gasteiger partial charge in [-0.2, -0.15) is 0 Å². The van der Waals surface area contributed by atoms with Crippen LogP contribution in [0.1, 0.15) is 87.9 Å². The molecule has 0 heterocycles. The van der Waals surface area contributed by atoms with Gasteiger partial charge in [0.25, 0.3) is 0 Å². The third-order valence-corrected chi connectivity index (χ3v) is 7.27. The molecule has 0 aliphatic heterocycles. The lowest BCUT2D eigenvalue weighted by Crippen LogP contribution is -2.15. The predicted octanol–water partition coefficient (Wildman–Crippen LogP) is 8.03. The molecule has 36 heavy (non-hydrogen) atoms. The van der Waals surface area contributed by atoms with Crippen LogP contribution < -0.4 is 19.5 Å². The number of ether oxygens (including phenoxy) is 3. The molecule has 0 aromatic heterocycles. The van der Waals surface area contributed by atoms with Crippen LogP contribution in [0.25, 0.3) is 0 Å². The van der Waals surface area contributed by atoms with Crippen LogP contribution in [0.15, 0.2) is 24.3 Å². The van der Waals surface area contributed by atoms with Gasteiger partial charge in [0.05, 0.1) is 25.1 Å². The minimum Gasteiger partial charge on any atom is -0.493 e. The van der Waals surface area contributed by atoms with Crippen LogP contribution in [0.4, 0.5) is 0 Å². The lowest BCUT2D eigenvalue weighted by molar-refractivity contribution is 0.108. The first-order chi connectivity index (χ1) is 17.0. The van der Waals surface area contributed by atoms with E-state index >= 15 is 0 Å². The summed E-state index contributed by atoms with van der Waals surface area (Å²) < 4.78 is 18.7. The molecule has 4 nitrogen and oxygen atoms in total. The number of carbonyl (C=O) groups excluding carboxylic acids is 1. The molecule has 0 saturated heterocycles. The van der Waals surface area contributed by atoms with Gasteiger partial charge in [-0.1, -0.05) is 59.2 Å². The van der Waals surface area contributed by atoms with Crippen molar-refractivity contribution in [2.24, 2.45) is 17.8 Å². The Balaban J connectivity index is 2.46. The molecular weight excluding hydrogens is 467 g/mol. The molecule has 0 bridgehead atoms. The second-order valence-corrected chi connectivity index (χ2v) is 12.3. The van der Waals surface area contributed by atoms with Crippen molar-refractivity contribution >= 4 is 19.4 Å². The van der Waals surface area contributed by atoms with Crippen molar-refractivity contribution in [1.29, 1.82) is 0 Å². The first-order valence-electron chi connectivity index (χ1n) is 13.4. The highest BCUT2D eigenvalue weighted by Gasteiger charge is 2.21. The quantitative estimate of drug-likeness (QED) is 0.226. The Bertz CT molecular complexity index is 936. The first-order valence-corrected chi connectivity index (χ1v) is 14.4. The summed E-state index contributed by atoms with van der Waals surface area (Å²) in [6.07, 6.45) is 2.85. The summed E-state index contributed by atoms with van der Waals surface area (Å²) in [5.74, 6) is 3.76. The van der Waals surface area contributed by atoms with Gasteiger partial charge in [0.2, 0.25) is 0 Å². The Morgan fingerprint density at radius 3 is 1.53 bits per heavy atom. The van der Waals surface area contributed by atoms with E-state index in [1.54, 1.807) is 0 Å². The molecule has 0 fully saturated rings. The van der Waals surface area contributed by atoms with Crippen molar-refractivity contribution in [2.45, 2.75) is 81.6 Å². The number of rotatable bonds is 15. The maximum absolute atomic E-state index is 13.6. The van der Waals surface area contributed by atoms with Crippen LogP contribution in [-0.2, 0) is 0 Å². The number of hydrogen-bond donors (Lipinski definition) is 0. The average Bonchev–Trinajstić information content (AvgIpc) is 2.74. The monoisotopic (exact) mass is 514 g/mol. The van der Waals surface area contributed by atoms with Crippen molar-refractivity contribution in [3.05, 3.63) is 46.5 Å². The summed E-state index contributed by atoms with van der Waals surface area (Å²) in [6.45, 7) is 21.0. The van der Waals surface area contributed by atoms with Gasteiger partial charge in [-0.25, -0.2) is 0 Å². The summed E-state index contributed by atoms with van der Waals surface area (Å²) in [7, 11) is -0.0953. The lowest BCUT2D eigenvalue weighted by Gasteiger charge is -2.20. The molecule has 1 unspecified atom stereocenters. The van der Waals surface area contributed by atoms with Crippen molar-refractivity contribution in [2.75, 3.05) is 19.8 Å². The molecule has 200 valence electrons. The second kappa shape index (κ2) is 14.6. The highest BCUT2D eigenvalue weighted by atomic mass is 31.1. The van der Waals surface area contributed by atoms with Crippen molar-refractivity contribution < 1.29 is 19.0 Å². The average molecular weight is 515 g/mol. The van der Waals surface area contributed by atoms with Crippen LogP contribution >= 0.6 is 8.58 Å². The molecule has 0 aliphatic carbocycles. The minimum atomic E-state index is -0.0953. The lowest BCUT2D eigenvalue weighted by atomic mass is 10.0. The van der Waals surface area contributed by atoms with Gasteiger partial charge in [0.15, 0.2) is 5.52 Å². The Kier molecular flexibility index (Phi) is 12.3. The van der Waals surface area contributed by atoms with Crippen LogP contribution in [0.2, 0.25) is 0 Å². The molecule has 0 saturated carbocycles. The van der Waals surface area contributed by atoms with E-state index in [4.69, 9.17) is 14.2 Å². The van der Waals surface area contributed by atoms with Crippen molar-refractivity contribution in [3.8, 4) is 17.2 Å². The molecule has 5 heteroatoms. The summed E-state index contributed by atoms with van der Waals surface area (Å²) in [5.41, 5.74) is 4.12. The van der Waals surface area contributed by atoms with Crippen molar-refractivity contribution in [3.63, 3.8) is 0 Å². The van der Waals surface area contributed by atoms with E-state index in [0.29, 0.717) is 49.1 Å². The molecule has 2 aromatic rings. The summed E-state index contributed by atoms with van der Waals surface area (Å²) in [6, 6.07) is 8.05. The molecular formula is C31H47O4P. The van der Waals surface area contributed by atoms with E-state index in [1.165, 1.54) is 5.56 Å². The molecule has 0 radical (unpaired) electrons. The Morgan fingerprint density at radius 2 is 1.11 bits per heavy atom. The fraction of sp³-hybridized carbons (Fsp3) is 0.581. The third-order valence-electron chi connectivity index (χ3n) is 6.05. The van der Waals surface area contributed by atoms with E-state index in [9.17, 15) is 4.79 Å². The SMILES string of the molecule is Cc1cc(C)c(C(=O)Pc2c(OCCC(C)C)cc(OCCC(C)C)cc2OCCC(C)C)c(C)c1. The fourth-order valence-corrected chi connectivity index (χ4v) is 5.22. The molecule has 0 spiro atoms. The van der Waals surface area contributed by atoms with E-state index < -0.39 is 0 Å². The van der Waals surface area contributed by atoms with Crippen LogP contribution in [-0.4, -0.2) is 25.3 Å². The highest BCUT2D eigenvalue weighted by molar-refractivity contribution is 7.66. The van der Waals surface area contributed by atoms with Gasteiger partial charge in [-0.15, -0.1) is 0 Å². The minimum absolute atomic E-state index is 0.0953. The molecule has 0 aliphatic rings. The van der Waals surface area contributed by atoms with Crippen LogP contribution in [0.5, 0.6) is 17.2 Å². The summed E-state index contributed by atoms with van der Waals surface area (Å²) in [5, 5.41) is 0.836. The van der Waals surface area contributed by atoms with E-state index in [0.717, 1.165) is 47.0 Å². The zero-order valence-corrected chi connectivity index (χ0v) is 24.9. The Morgan fingerprint density at radius 1 is 0.694 bits per heavy atom. The maximum Gasteiger partial charge on any atom is 0.186 e. The standard InChI is InChI=1S/C31H47O4P/c1-20(2)10-13-33-26-18-27(34-14-11-21(3)4)30(28(19-26)35-15-12-22(5)6)36-31(32)29-24(8)16-23(7)17-25(29)9/h16-22,36H,10-15H2,1-9H3. The normalized spacial score (nSPS) is 11.8. The molecule has 1 atom stereocenters. The van der Waals surface area contributed by atoms with E-state index in [1.807, 2.05) is 26.0 Å². The maximum atomic E-state index is 13.6. The summed E-state index contributed by atoms with van der Waals surface area (Å²) in [4.78, 5) is 13.6. The first kappa shape index (κ1) is 30.2. The van der Waals surface area contributed by atoms with Crippen LogP contribution in [0, 0.1) is 38.5 Å². The number of hydrogen-bond acceptors (Lipinski definition) is 4. The van der Waals surface area contributed by atoms with Gasteiger partial charge in [0, 0.05) is 17.7 Å². The fourth-order valence-electron chi connectivity index (χ4n) is 3.94. The molecule has 2 aromatic carbocycles. The zero-order chi connectivity index (χ0) is 26.8. The number of carbonyl (C=O) groups is 1. The van der Waals surface area contributed by atoms with Crippen LogP contribution in [0.3, 0.4) is 0 Å². The van der Waals surface area contributed by atoms with Crippen molar-refractivity contribution in [1.82, 2.24) is 0 Å². The van der Waals surface area contributed by atoms with Gasteiger partial charge in [0.1, 0.15) is 17.2 Å². The van der Waals surface area contributed by atoms with E-state index in [2.05, 4.69) is 60.6 Å². The largest absolute Gasteiger partial charge is 0.493 e. The smallest absolute Gasteiger partial charge is 0.186 e. The molecule has 0 N–H and O–H groups in total. The zero-order valence-electron chi connectivity index (χ0n) is 23.9. The Hall–Kier alpha value is -2.06. The summed E-state index contributed by atoms with van der Waals surface area (Å²) >= 11 is 0. The topological polar surface area (TPSA) is 44.8 Å². The highest BCUT2D eigenvalue weighted by Crippen LogP contribution is 2.36. The molecule has 2 rings (SSSR count). The van der Waals surface area contributed by atoms with Gasteiger partial charge in [-0.3, -0.25) is 4.79 Å². The Labute approximate surface area is 221 Å². The third kappa shape index (κ3) is 9.77. The second-order valence-electron chi connectivity index (χ2n) is 11.1. The van der Waals surface area contributed by atoms with E-state index in [-0.39, 0.29) is 14.1 Å². The van der Waals surface area contributed by atoms with Gasteiger partial charge in [-0.05, 0) is 77.5 Å². The predicted molar refractivity (Wildman–Crippen MR) is 154 cm³/mol. The number of aryl methyl sites for hydroxylation is 3. The molecule has 0 amide bonds. The van der Waals surface area contributed by atoms with Gasteiger partial charge >= 0.3 is 0 Å². The number of benzene rings is 2. The van der Waals surface area contributed by atoms with Gasteiger partial charge < -0.3 is 14.2 Å².